The van der Waals surface area contributed by atoms with Crippen molar-refractivity contribution >= 4 is 29.1 Å². The maximum atomic E-state index is 13.1. The van der Waals surface area contributed by atoms with E-state index >= 15 is 0 Å². The van der Waals surface area contributed by atoms with Crippen molar-refractivity contribution in [1.29, 1.82) is 0 Å². The first-order valence-electron chi connectivity index (χ1n) is 12.9. The fourth-order valence-corrected chi connectivity index (χ4v) is 5.40. The minimum Gasteiger partial charge on any atom is -0.466 e. The van der Waals surface area contributed by atoms with E-state index in [0.717, 1.165) is 30.0 Å². The summed E-state index contributed by atoms with van der Waals surface area (Å²) >= 11 is 1.44. The van der Waals surface area contributed by atoms with Gasteiger partial charge in [-0.15, -0.1) is 11.3 Å². The molecule has 0 saturated carbocycles. The van der Waals surface area contributed by atoms with Crippen molar-refractivity contribution in [1.82, 2.24) is 19.4 Å². The van der Waals surface area contributed by atoms with Crippen LogP contribution in [0.2, 0.25) is 0 Å². The molecular weight excluding hydrogens is 488 g/mol. The Hall–Kier alpha value is -3.46. The van der Waals surface area contributed by atoms with E-state index in [4.69, 9.17) is 4.74 Å². The highest BCUT2D eigenvalue weighted by Crippen LogP contribution is 2.22. The summed E-state index contributed by atoms with van der Waals surface area (Å²) in [6.45, 7) is 6.87. The second-order valence-electron chi connectivity index (χ2n) is 9.19. The van der Waals surface area contributed by atoms with Gasteiger partial charge in [0.05, 0.1) is 25.6 Å². The average molecular weight is 523 g/mol. The highest BCUT2D eigenvalue weighted by atomic mass is 32.1. The van der Waals surface area contributed by atoms with E-state index in [0.29, 0.717) is 50.6 Å². The maximum absolute atomic E-state index is 13.1. The normalized spacial score (nSPS) is 15.4. The Bertz CT molecular complexity index is 1210. The summed E-state index contributed by atoms with van der Waals surface area (Å²) in [5.41, 5.74) is 2.10. The monoisotopic (exact) mass is 522 g/mol. The maximum Gasteiger partial charge on any atom is 0.310 e. The summed E-state index contributed by atoms with van der Waals surface area (Å²) in [5, 5.41) is 2.60. The summed E-state index contributed by atoms with van der Waals surface area (Å²) in [6, 6.07) is 13.3. The van der Waals surface area contributed by atoms with Gasteiger partial charge in [-0.2, -0.15) is 0 Å². The number of hydrogen-bond donors (Lipinski definition) is 0. The molecule has 0 spiro atoms. The van der Waals surface area contributed by atoms with Crippen LogP contribution in [0.3, 0.4) is 0 Å². The standard InChI is InChI=1S/C28H34N4O4S/c1-3-14-31(26(33)21-10-6-5-7-11-21)18-23-13-9-15-30(23)19-25-29-24(20-37-25)27(34)32-16-8-12-22(17-32)28(35)36-4-2/h5-7,9-11,13,15,20,22H,3-4,8,12,14,16-19H2,1-2H3. The predicted octanol–water partition coefficient (Wildman–Crippen LogP) is 4.46. The molecule has 196 valence electrons. The largest absolute Gasteiger partial charge is 0.466 e. The van der Waals surface area contributed by atoms with Crippen LogP contribution in [-0.2, 0) is 22.6 Å². The van der Waals surface area contributed by atoms with Gasteiger partial charge in [0, 0.05) is 42.5 Å². The van der Waals surface area contributed by atoms with Crippen LogP contribution in [0.5, 0.6) is 0 Å². The van der Waals surface area contributed by atoms with Gasteiger partial charge in [-0.3, -0.25) is 14.4 Å². The molecule has 0 N–H and O–H groups in total. The molecule has 4 rings (SSSR count). The van der Waals surface area contributed by atoms with Crippen LogP contribution < -0.4 is 0 Å². The zero-order chi connectivity index (χ0) is 26.2. The van der Waals surface area contributed by atoms with Crippen molar-refractivity contribution in [2.75, 3.05) is 26.2 Å². The predicted molar refractivity (Wildman–Crippen MR) is 142 cm³/mol. The number of ether oxygens (including phenoxy) is 1. The SMILES string of the molecule is CCCN(Cc1cccn1Cc1nc(C(=O)N2CCCC(C(=O)OCC)C2)cs1)C(=O)c1ccccc1. The lowest BCUT2D eigenvalue weighted by atomic mass is 9.98. The number of carbonyl (C=O) groups excluding carboxylic acids is 3. The topological polar surface area (TPSA) is 84.7 Å². The molecule has 9 heteroatoms. The number of carbonyl (C=O) groups is 3. The van der Waals surface area contributed by atoms with Gasteiger partial charge in [0.2, 0.25) is 0 Å². The van der Waals surface area contributed by atoms with Crippen molar-refractivity contribution in [3.8, 4) is 0 Å². The van der Waals surface area contributed by atoms with Gasteiger partial charge in [-0.1, -0.05) is 25.1 Å². The molecular formula is C28H34N4O4S. The Morgan fingerprint density at radius 2 is 1.95 bits per heavy atom. The van der Waals surface area contributed by atoms with Crippen molar-refractivity contribution in [3.63, 3.8) is 0 Å². The molecule has 1 aromatic carbocycles. The molecule has 2 aromatic heterocycles. The number of aromatic nitrogens is 2. The quantitative estimate of drug-likeness (QED) is 0.367. The van der Waals surface area contributed by atoms with Crippen LogP contribution in [0.4, 0.5) is 0 Å². The third-order valence-corrected chi connectivity index (χ3v) is 7.32. The first kappa shape index (κ1) is 26.6. The number of likely N-dealkylation sites (tertiary alicyclic amines) is 1. The van der Waals surface area contributed by atoms with Crippen LogP contribution in [0.25, 0.3) is 0 Å². The number of hydrogen-bond acceptors (Lipinski definition) is 6. The van der Waals surface area contributed by atoms with E-state index < -0.39 is 0 Å². The van der Waals surface area contributed by atoms with Crippen molar-refractivity contribution in [3.05, 3.63) is 76.0 Å². The van der Waals surface area contributed by atoms with Gasteiger partial charge in [-0.05, 0) is 50.5 Å². The number of nitrogens with zero attached hydrogens (tertiary/aromatic N) is 4. The van der Waals surface area contributed by atoms with Gasteiger partial charge in [0.1, 0.15) is 10.7 Å². The highest BCUT2D eigenvalue weighted by Gasteiger charge is 2.30. The lowest BCUT2D eigenvalue weighted by molar-refractivity contribution is -0.149. The minimum atomic E-state index is -0.275. The summed E-state index contributed by atoms with van der Waals surface area (Å²) in [7, 11) is 0. The second kappa shape index (κ2) is 12.7. The van der Waals surface area contributed by atoms with E-state index in [1.54, 1.807) is 17.2 Å². The number of thiazole rings is 1. The van der Waals surface area contributed by atoms with Crippen LogP contribution >= 0.6 is 11.3 Å². The molecule has 2 amide bonds. The summed E-state index contributed by atoms with van der Waals surface area (Å²) in [4.78, 5) is 46.6. The minimum absolute atomic E-state index is 0.0139. The molecule has 3 heterocycles. The molecule has 0 aliphatic carbocycles. The molecule has 1 fully saturated rings. The number of rotatable bonds is 10. The Labute approximate surface area is 221 Å². The van der Waals surface area contributed by atoms with Crippen molar-refractivity contribution in [2.24, 2.45) is 5.92 Å². The summed E-state index contributed by atoms with van der Waals surface area (Å²) in [5.74, 6) is -0.642. The summed E-state index contributed by atoms with van der Waals surface area (Å²) in [6.07, 6.45) is 4.35. The van der Waals surface area contributed by atoms with E-state index in [1.807, 2.05) is 53.6 Å². The third-order valence-electron chi connectivity index (χ3n) is 6.48. The fraction of sp³-hybridized carbons (Fsp3) is 0.429. The molecule has 1 saturated heterocycles. The van der Waals surface area contributed by atoms with Gasteiger partial charge in [0.25, 0.3) is 11.8 Å². The second-order valence-corrected chi connectivity index (χ2v) is 10.1. The summed E-state index contributed by atoms with van der Waals surface area (Å²) < 4.78 is 7.23. The molecule has 0 bridgehead atoms. The molecule has 1 atom stereocenters. The lowest BCUT2D eigenvalue weighted by Gasteiger charge is -2.31. The van der Waals surface area contributed by atoms with Crippen LogP contribution in [-0.4, -0.2) is 63.4 Å². The number of esters is 1. The number of amides is 2. The Balaban J connectivity index is 1.41. The molecule has 1 aliphatic heterocycles. The average Bonchev–Trinajstić information content (AvgIpc) is 3.58. The Morgan fingerprint density at radius 3 is 2.70 bits per heavy atom. The highest BCUT2D eigenvalue weighted by molar-refractivity contribution is 7.09. The molecule has 3 aromatic rings. The zero-order valence-electron chi connectivity index (χ0n) is 21.5. The van der Waals surface area contributed by atoms with E-state index in [9.17, 15) is 14.4 Å². The van der Waals surface area contributed by atoms with Crippen molar-refractivity contribution in [2.45, 2.75) is 46.2 Å². The fourth-order valence-electron chi connectivity index (χ4n) is 4.63. The van der Waals surface area contributed by atoms with Crippen LogP contribution in [0.15, 0.2) is 54.0 Å². The van der Waals surface area contributed by atoms with E-state index in [2.05, 4.69) is 16.5 Å². The van der Waals surface area contributed by atoms with E-state index in [1.165, 1.54) is 11.3 Å². The van der Waals surface area contributed by atoms with Gasteiger partial charge in [0.15, 0.2) is 0 Å². The molecule has 0 radical (unpaired) electrons. The molecule has 37 heavy (non-hydrogen) atoms. The van der Waals surface area contributed by atoms with Gasteiger partial charge >= 0.3 is 5.97 Å². The van der Waals surface area contributed by atoms with Crippen molar-refractivity contribution < 1.29 is 19.1 Å². The Kier molecular flexibility index (Phi) is 9.11. The first-order chi connectivity index (χ1) is 18.0. The number of benzene rings is 1. The third kappa shape index (κ3) is 6.65. The zero-order valence-corrected chi connectivity index (χ0v) is 22.3. The van der Waals surface area contributed by atoms with Gasteiger partial charge < -0.3 is 19.1 Å². The lowest BCUT2D eigenvalue weighted by Crippen LogP contribution is -2.43. The van der Waals surface area contributed by atoms with Crippen LogP contribution in [0, 0.1) is 5.92 Å². The number of piperidine rings is 1. The first-order valence-corrected chi connectivity index (χ1v) is 13.8. The van der Waals surface area contributed by atoms with Gasteiger partial charge in [-0.25, -0.2) is 4.98 Å². The molecule has 1 unspecified atom stereocenters. The Morgan fingerprint density at radius 1 is 1.14 bits per heavy atom. The molecule has 1 aliphatic rings. The molecule has 8 nitrogen and oxygen atoms in total. The van der Waals surface area contributed by atoms with E-state index in [-0.39, 0.29) is 23.7 Å². The van der Waals surface area contributed by atoms with Crippen LogP contribution in [0.1, 0.15) is 64.7 Å². The smallest absolute Gasteiger partial charge is 0.310 e.